The minimum Gasteiger partial charge on any atom is -0.465 e. The van der Waals surface area contributed by atoms with E-state index in [-0.39, 0.29) is 30.1 Å². The van der Waals surface area contributed by atoms with Crippen molar-refractivity contribution < 1.29 is 33.4 Å². The van der Waals surface area contributed by atoms with Crippen LogP contribution in [0.2, 0.25) is 0 Å². The maximum Gasteiger partial charge on any atom is 0.337 e. The predicted molar refractivity (Wildman–Crippen MR) is 131 cm³/mol. The van der Waals surface area contributed by atoms with Crippen molar-refractivity contribution in [3.8, 4) is 0 Å². The fraction of sp³-hybridized carbons (Fsp3) is 0.321. The van der Waals surface area contributed by atoms with Gasteiger partial charge in [-0.2, -0.15) is 0 Å². The highest BCUT2D eigenvalue weighted by molar-refractivity contribution is 6.09. The summed E-state index contributed by atoms with van der Waals surface area (Å²) in [6, 6.07) is 13.9. The summed E-state index contributed by atoms with van der Waals surface area (Å²) in [6.45, 7) is -0.598. The summed E-state index contributed by atoms with van der Waals surface area (Å²) in [7, 11) is 1.27. The highest BCUT2D eigenvalue weighted by Gasteiger charge is 2.61. The average Bonchev–Trinajstić information content (AvgIpc) is 3.60. The molecule has 3 amide bonds. The Labute approximate surface area is 213 Å². The zero-order chi connectivity index (χ0) is 26.1. The Bertz CT molecular complexity index is 1240. The highest BCUT2D eigenvalue weighted by Crippen LogP contribution is 2.53. The molecule has 2 fully saturated rings. The number of carbonyl (C=O) groups excluding carboxylic acids is 5. The van der Waals surface area contributed by atoms with Crippen molar-refractivity contribution >= 4 is 35.3 Å². The van der Waals surface area contributed by atoms with Crippen LogP contribution in [0.5, 0.6) is 0 Å². The summed E-state index contributed by atoms with van der Waals surface area (Å²) >= 11 is 0. The normalized spacial score (nSPS) is 24.1. The van der Waals surface area contributed by atoms with Crippen molar-refractivity contribution in [3.05, 3.63) is 77.9 Å². The number of nitrogens with one attached hydrogen (secondary N) is 1. The van der Waals surface area contributed by atoms with Gasteiger partial charge in [0.15, 0.2) is 6.61 Å². The lowest BCUT2D eigenvalue weighted by Crippen LogP contribution is -2.48. The van der Waals surface area contributed by atoms with Crippen LogP contribution in [0.4, 0.5) is 5.69 Å². The SMILES string of the molecule is COC(=O)c1ccc(NC(=O)COC(=O)[C@H](Cc2ccccc2)N2C(=O)[C@H]3[C@H](C2=O)[C@H]2C=C[C@H]3C2)cc1. The van der Waals surface area contributed by atoms with Gasteiger partial charge in [-0.1, -0.05) is 42.5 Å². The van der Waals surface area contributed by atoms with E-state index in [0.717, 1.165) is 16.9 Å². The molecule has 1 N–H and O–H groups in total. The molecule has 3 aliphatic rings. The van der Waals surface area contributed by atoms with E-state index in [0.29, 0.717) is 11.3 Å². The van der Waals surface area contributed by atoms with Gasteiger partial charge >= 0.3 is 11.9 Å². The summed E-state index contributed by atoms with van der Waals surface area (Å²) in [5.74, 6) is -3.47. The van der Waals surface area contributed by atoms with Gasteiger partial charge in [-0.25, -0.2) is 9.59 Å². The predicted octanol–water partition coefficient (Wildman–Crippen LogP) is 2.37. The second-order valence-corrected chi connectivity index (χ2v) is 9.48. The molecular formula is C28H26N2O7. The summed E-state index contributed by atoms with van der Waals surface area (Å²) in [5, 5.41) is 2.59. The van der Waals surface area contributed by atoms with Crippen LogP contribution in [-0.2, 0) is 35.1 Å². The van der Waals surface area contributed by atoms with Crippen molar-refractivity contribution in [2.24, 2.45) is 23.7 Å². The second kappa shape index (κ2) is 10.0. The molecule has 1 heterocycles. The molecule has 0 aromatic heterocycles. The minimum atomic E-state index is -1.17. The van der Waals surface area contributed by atoms with Crippen molar-refractivity contribution in [3.63, 3.8) is 0 Å². The molecule has 0 radical (unpaired) electrons. The number of allylic oxidation sites excluding steroid dienone is 2. The van der Waals surface area contributed by atoms with Crippen molar-refractivity contribution in [2.75, 3.05) is 19.0 Å². The molecule has 0 unspecified atom stereocenters. The first-order valence-corrected chi connectivity index (χ1v) is 12.1. The Morgan fingerprint density at radius 3 is 2.16 bits per heavy atom. The number of nitrogens with zero attached hydrogens (tertiary/aromatic N) is 1. The number of rotatable bonds is 8. The van der Waals surface area contributed by atoms with E-state index < -0.39 is 42.3 Å². The number of fused-ring (bicyclic) bond motifs is 5. The van der Waals surface area contributed by atoms with E-state index in [1.807, 2.05) is 42.5 Å². The standard InChI is InChI=1S/C28H26N2O7/c1-36-27(34)17-9-11-20(12-10-17)29-22(31)15-37-28(35)21(13-16-5-3-2-4-6-16)30-25(32)23-18-7-8-19(14-18)24(23)26(30)33/h2-12,18-19,21,23-24H,13-15H2,1H3,(H,29,31)/t18-,19-,21-,23+,24+/m0/s1. The van der Waals surface area contributed by atoms with Crippen LogP contribution >= 0.6 is 0 Å². The van der Waals surface area contributed by atoms with Crippen LogP contribution in [0, 0.1) is 23.7 Å². The summed E-state index contributed by atoms with van der Waals surface area (Å²) in [6.07, 6.45) is 4.87. The van der Waals surface area contributed by atoms with Gasteiger partial charge in [0, 0.05) is 12.1 Å². The van der Waals surface area contributed by atoms with E-state index in [1.165, 1.54) is 31.4 Å². The fourth-order valence-electron chi connectivity index (χ4n) is 5.59. The molecule has 9 heteroatoms. The lowest BCUT2D eigenvalue weighted by atomic mass is 9.85. The van der Waals surface area contributed by atoms with E-state index >= 15 is 0 Å². The lowest BCUT2D eigenvalue weighted by Gasteiger charge is -2.26. The first-order valence-electron chi connectivity index (χ1n) is 12.1. The molecular weight excluding hydrogens is 476 g/mol. The Morgan fingerprint density at radius 2 is 1.57 bits per heavy atom. The highest BCUT2D eigenvalue weighted by atomic mass is 16.5. The van der Waals surface area contributed by atoms with Gasteiger partial charge in [0.25, 0.3) is 5.91 Å². The van der Waals surface area contributed by atoms with Gasteiger partial charge in [0.2, 0.25) is 11.8 Å². The van der Waals surface area contributed by atoms with Crippen LogP contribution in [-0.4, -0.2) is 54.3 Å². The molecule has 2 bridgehead atoms. The van der Waals surface area contributed by atoms with E-state index in [1.54, 1.807) is 0 Å². The molecule has 190 valence electrons. The van der Waals surface area contributed by atoms with Crippen LogP contribution in [0.25, 0.3) is 0 Å². The number of hydrogen-bond acceptors (Lipinski definition) is 7. The number of esters is 2. The van der Waals surface area contributed by atoms with Gasteiger partial charge in [0.05, 0.1) is 24.5 Å². The molecule has 9 nitrogen and oxygen atoms in total. The molecule has 2 aliphatic carbocycles. The molecule has 1 saturated carbocycles. The van der Waals surface area contributed by atoms with Gasteiger partial charge in [-0.15, -0.1) is 0 Å². The van der Waals surface area contributed by atoms with Gasteiger partial charge in [-0.05, 0) is 48.1 Å². The monoisotopic (exact) mass is 502 g/mol. The van der Waals surface area contributed by atoms with Gasteiger partial charge < -0.3 is 14.8 Å². The molecule has 5 atom stereocenters. The van der Waals surface area contributed by atoms with Gasteiger partial charge in [-0.3, -0.25) is 19.3 Å². The van der Waals surface area contributed by atoms with Crippen molar-refractivity contribution in [1.82, 2.24) is 4.90 Å². The third-order valence-electron chi connectivity index (χ3n) is 7.30. The average molecular weight is 503 g/mol. The molecule has 2 aromatic carbocycles. The lowest BCUT2D eigenvalue weighted by molar-refractivity contribution is -0.160. The van der Waals surface area contributed by atoms with Crippen LogP contribution in [0.3, 0.4) is 0 Å². The first kappa shape index (κ1) is 24.4. The number of hydrogen-bond donors (Lipinski definition) is 1. The molecule has 5 rings (SSSR count). The van der Waals surface area contributed by atoms with E-state index in [4.69, 9.17) is 4.74 Å². The molecule has 1 saturated heterocycles. The molecule has 0 spiro atoms. The van der Waals surface area contributed by atoms with Crippen LogP contribution in [0.15, 0.2) is 66.7 Å². The number of likely N-dealkylation sites (tertiary alicyclic amines) is 1. The third-order valence-corrected chi connectivity index (χ3v) is 7.30. The zero-order valence-corrected chi connectivity index (χ0v) is 20.2. The number of ether oxygens (including phenoxy) is 2. The van der Waals surface area contributed by atoms with Crippen LogP contribution in [0.1, 0.15) is 22.3 Å². The number of anilines is 1. The Balaban J connectivity index is 1.27. The number of amides is 3. The minimum absolute atomic E-state index is 0.0150. The number of methoxy groups -OCH3 is 1. The van der Waals surface area contributed by atoms with Crippen molar-refractivity contribution in [1.29, 1.82) is 0 Å². The molecule has 2 aromatic rings. The Hall–Kier alpha value is -4.27. The Kier molecular flexibility index (Phi) is 6.60. The maximum absolute atomic E-state index is 13.4. The van der Waals surface area contributed by atoms with Gasteiger partial charge in [0.1, 0.15) is 6.04 Å². The summed E-state index contributed by atoms with van der Waals surface area (Å²) in [5.41, 5.74) is 1.48. The maximum atomic E-state index is 13.4. The number of imide groups is 1. The zero-order valence-electron chi connectivity index (χ0n) is 20.2. The second-order valence-electron chi connectivity index (χ2n) is 9.48. The topological polar surface area (TPSA) is 119 Å². The largest absolute Gasteiger partial charge is 0.465 e. The number of benzene rings is 2. The summed E-state index contributed by atoms with van der Waals surface area (Å²) in [4.78, 5) is 65.0. The van der Waals surface area contributed by atoms with Crippen LogP contribution < -0.4 is 5.32 Å². The first-order chi connectivity index (χ1) is 17.9. The third kappa shape index (κ3) is 4.64. The smallest absolute Gasteiger partial charge is 0.337 e. The van der Waals surface area contributed by atoms with E-state index in [9.17, 15) is 24.0 Å². The van der Waals surface area contributed by atoms with Crippen molar-refractivity contribution in [2.45, 2.75) is 18.9 Å². The Morgan fingerprint density at radius 1 is 0.946 bits per heavy atom. The number of carbonyl (C=O) groups is 5. The molecule has 1 aliphatic heterocycles. The fourth-order valence-corrected chi connectivity index (χ4v) is 5.59. The summed E-state index contributed by atoms with van der Waals surface area (Å²) < 4.78 is 9.95. The molecule has 37 heavy (non-hydrogen) atoms. The quantitative estimate of drug-likeness (QED) is 0.334. The van der Waals surface area contributed by atoms with E-state index in [2.05, 4.69) is 10.1 Å².